The molecule has 0 heterocycles. The Morgan fingerprint density at radius 1 is 1.45 bits per heavy atom. The van der Waals surface area contributed by atoms with Crippen LogP contribution in [0.1, 0.15) is 0 Å². The van der Waals surface area contributed by atoms with Gasteiger partial charge in [-0.15, -0.1) is 0 Å². The number of nitrogens with two attached hydrogens (primary N) is 1. The minimum atomic E-state index is -1.61. The van der Waals surface area contributed by atoms with Crippen molar-refractivity contribution >= 4 is 12.1 Å². The van der Waals surface area contributed by atoms with E-state index in [0.717, 1.165) is 0 Å². The number of aliphatic hydroxyl groups is 1. The van der Waals surface area contributed by atoms with Crippen molar-refractivity contribution in [3.63, 3.8) is 0 Å². The van der Waals surface area contributed by atoms with Gasteiger partial charge in [-0.25, -0.2) is 20.4 Å². The first kappa shape index (κ1) is 9.66. The molecule has 7 nitrogen and oxygen atoms in total. The number of aliphatic hydroxyl groups excluding tert-OH is 1. The second kappa shape index (κ2) is 3.74. The number of aliphatic carboxylic acids is 1. The summed E-state index contributed by atoms with van der Waals surface area (Å²) in [5.41, 5.74) is 0. The lowest BCUT2D eigenvalue weighted by Gasteiger charge is -2.18. The molecule has 7 heteroatoms. The van der Waals surface area contributed by atoms with Crippen LogP contribution in [-0.4, -0.2) is 45.0 Å². The summed E-state index contributed by atoms with van der Waals surface area (Å²) in [6.45, 7) is -0.849. The normalized spacial score (nSPS) is 12.2. The lowest BCUT2D eigenvalue weighted by Crippen LogP contribution is -2.50. The maximum absolute atomic E-state index is 10.1. The van der Waals surface area contributed by atoms with Crippen molar-refractivity contribution in [2.24, 2.45) is 5.84 Å². The Kier molecular flexibility index (Phi) is 3.28. The summed E-state index contributed by atoms with van der Waals surface area (Å²) in [6.07, 6.45) is -1.61. The van der Waals surface area contributed by atoms with Gasteiger partial charge in [0.2, 0.25) is 0 Å². The molecule has 0 aromatic carbocycles. The monoisotopic (exact) mass is 164 g/mol. The molecular formula is C4H8N2O5. The highest BCUT2D eigenvalue weighted by Gasteiger charge is 2.25. The second-order valence-electron chi connectivity index (χ2n) is 1.73. The van der Waals surface area contributed by atoms with Crippen LogP contribution in [0.3, 0.4) is 0 Å². The van der Waals surface area contributed by atoms with E-state index >= 15 is 0 Å². The zero-order valence-electron chi connectivity index (χ0n) is 5.47. The highest BCUT2D eigenvalue weighted by Crippen LogP contribution is 1.92. The van der Waals surface area contributed by atoms with Crippen molar-refractivity contribution in [3.8, 4) is 0 Å². The fourth-order valence-corrected chi connectivity index (χ4v) is 0.418. The number of carbonyl (C=O) groups is 2. The molecule has 64 valence electrons. The third-order valence-electron chi connectivity index (χ3n) is 1.01. The van der Waals surface area contributed by atoms with Gasteiger partial charge in [-0.1, -0.05) is 0 Å². The molecule has 1 amide bonds. The first-order valence-electron chi connectivity index (χ1n) is 2.61. The van der Waals surface area contributed by atoms with Crippen LogP contribution in [0.15, 0.2) is 0 Å². The van der Waals surface area contributed by atoms with E-state index in [0.29, 0.717) is 0 Å². The van der Waals surface area contributed by atoms with Gasteiger partial charge < -0.3 is 15.3 Å². The summed E-state index contributed by atoms with van der Waals surface area (Å²) in [5.74, 6) is 3.28. The first-order valence-corrected chi connectivity index (χ1v) is 2.61. The third kappa shape index (κ3) is 2.40. The summed E-state index contributed by atoms with van der Waals surface area (Å²) in [6, 6.07) is -1.60. The van der Waals surface area contributed by atoms with E-state index < -0.39 is 24.7 Å². The van der Waals surface area contributed by atoms with E-state index in [1.807, 2.05) is 0 Å². The molecule has 0 rings (SSSR count). The average molecular weight is 164 g/mol. The highest BCUT2D eigenvalue weighted by molar-refractivity contribution is 5.78. The number of carboxylic acids is 1. The number of rotatable bonds is 3. The molecule has 5 N–H and O–H groups in total. The zero-order chi connectivity index (χ0) is 9.02. The van der Waals surface area contributed by atoms with Crippen LogP contribution >= 0.6 is 0 Å². The fourth-order valence-electron chi connectivity index (χ4n) is 0.418. The van der Waals surface area contributed by atoms with Crippen LogP contribution in [0.5, 0.6) is 0 Å². The van der Waals surface area contributed by atoms with Crippen LogP contribution in [0.25, 0.3) is 0 Å². The summed E-state index contributed by atoms with van der Waals surface area (Å²) < 4.78 is 0. The van der Waals surface area contributed by atoms with E-state index in [-0.39, 0.29) is 5.01 Å². The van der Waals surface area contributed by atoms with E-state index in [2.05, 4.69) is 0 Å². The molecular weight excluding hydrogens is 156 g/mol. The maximum Gasteiger partial charge on any atom is 0.422 e. The second-order valence-corrected chi connectivity index (χ2v) is 1.73. The van der Waals surface area contributed by atoms with Crippen LogP contribution in [0, 0.1) is 0 Å². The Morgan fingerprint density at radius 2 is 1.91 bits per heavy atom. The van der Waals surface area contributed by atoms with Crippen LogP contribution in [0.2, 0.25) is 0 Å². The first-order chi connectivity index (χ1) is 5.00. The molecule has 1 unspecified atom stereocenters. The van der Waals surface area contributed by atoms with Gasteiger partial charge in [0.25, 0.3) is 0 Å². The van der Waals surface area contributed by atoms with E-state index in [1.54, 1.807) is 0 Å². The molecule has 11 heavy (non-hydrogen) atoms. The largest absolute Gasteiger partial charge is 0.480 e. The number of hydrogen-bond acceptors (Lipinski definition) is 4. The molecule has 0 aliphatic heterocycles. The smallest absolute Gasteiger partial charge is 0.422 e. The highest BCUT2D eigenvalue weighted by atomic mass is 16.4. The van der Waals surface area contributed by atoms with Gasteiger partial charge in [-0.2, -0.15) is 0 Å². The van der Waals surface area contributed by atoms with E-state index in [1.165, 1.54) is 0 Å². The molecule has 0 saturated carbocycles. The van der Waals surface area contributed by atoms with Crippen molar-refractivity contribution in [3.05, 3.63) is 0 Å². The van der Waals surface area contributed by atoms with Crippen molar-refractivity contribution < 1.29 is 24.9 Å². The van der Waals surface area contributed by atoms with Crippen molar-refractivity contribution in [1.82, 2.24) is 5.01 Å². The van der Waals surface area contributed by atoms with Crippen molar-refractivity contribution in [2.75, 3.05) is 6.61 Å². The molecule has 1 atom stereocenters. The molecule has 0 radical (unpaired) electrons. The van der Waals surface area contributed by atoms with Crippen LogP contribution < -0.4 is 5.84 Å². The predicted molar refractivity (Wildman–Crippen MR) is 32.6 cm³/mol. The molecule has 0 saturated heterocycles. The van der Waals surface area contributed by atoms with Crippen LogP contribution in [0.4, 0.5) is 4.79 Å². The van der Waals surface area contributed by atoms with E-state index in [4.69, 9.17) is 21.2 Å². The number of hydrogen-bond donors (Lipinski definition) is 4. The average Bonchev–Trinajstić information content (AvgIpc) is 1.88. The molecule has 0 fully saturated rings. The minimum absolute atomic E-state index is 0.0301. The molecule has 0 aromatic heterocycles. The Balaban J connectivity index is 4.25. The lowest BCUT2D eigenvalue weighted by molar-refractivity contribution is -0.144. The number of carboxylic acid groups (broad SMARTS) is 2. The van der Waals surface area contributed by atoms with Gasteiger partial charge in [0.05, 0.1) is 6.61 Å². The van der Waals surface area contributed by atoms with Crippen LogP contribution in [-0.2, 0) is 4.79 Å². The Morgan fingerprint density at radius 3 is 2.00 bits per heavy atom. The molecule has 0 aliphatic carbocycles. The van der Waals surface area contributed by atoms with Gasteiger partial charge in [0.1, 0.15) is 0 Å². The molecule has 0 aliphatic rings. The Labute approximate surface area is 61.6 Å². The molecule has 0 bridgehead atoms. The van der Waals surface area contributed by atoms with Gasteiger partial charge in [0, 0.05) is 0 Å². The third-order valence-corrected chi connectivity index (χ3v) is 1.01. The lowest BCUT2D eigenvalue weighted by atomic mass is 10.3. The standard InChI is InChI=1S/C4H8N2O5/c5-6(4(10)11)2(1-7)3(8)9/h2,7H,1,5H2,(H,8,9)(H,10,11). The SMILES string of the molecule is NN(C(=O)O)C(CO)C(=O)O. The van der Waals surface area contributed by atoms with Crippen molar-refractivity contribution in [2.45, 2.75) is 6.04 Å². The van der Waals surface area contributed by atoms with Gasteiger partial charge >= 0.3 is 12.1 Å². The summed E-state index contributed by atoms with van der Waals surface area (Å²) in [4.78, 5) is 20.2. The topological polar surface area (TPSA) is 124 Å². The minimum Gasteiger partial charge on any atom is -0.480 e. The zero-order valence-corrected chi connectivity index (χ0v) is 5.47. The fraction of sp³-hybridized carbons (Fsp3) is 0.500. The number of nitrogens with zero attached hydrogens (tertiary/aromatic N) is 1. The van der Waals surface area contributed by atoms with Crippen molar-refractivity contribution in [1.29, 1.82) is 0 Å². The Hall–Kier alpha value is -1.34. The van der Waals surface area contributed by atoms with E-state index in [9.17, 15) is 9.59 Å². The molecule has 0 spiro atoms. The summed E-state index contributed by atoms with van der Waals surface area (Å²) in [5, 5.41) is 24.8. The quantitative estimate of drug-likeness (QED) is 0.223. The van der Waals surface area contributed by atoms with Gasteiger partial charge in [0.15, 0.2) is 6.04 Å². The van der Waals surface area contributed by atoms with Gasteiger partial charge in [-0.3, -0.25) is 0 Å². The number of amides is 1. The summed E-state index contributed by atoms with van der Waals surface area (Å²) in [7, 11) is 0. The van der Waals surface area contributed by atoms with Gasteiger partial charge in [-0.05, 0) is 0 Å². The number of hydrazine groups is 1. The Bertz CT molecular complexity index is 170. The summed E-state index contributed by atoms with van der Waals surface area (Å²) >= 11 is 0. The molecule has 0 aromatic rings. The maximum atomic E-state index is 10.1. The predicted octanol–water partition coefficient (Wildman–Crippen LogP) is -1.71.